The van der Waals surface area contributed by atoms with Gasteiger partial charge in [-0.05, 0) is 72.2 Å². The van der Waals surface area contributed by atoms with E-state index in [2.05, 4.69) is 30.3 Å². The zero-order valence-electron chi connectivity index (χ0n) is 38.7. The van der Waals surface area contributed by atoms with Crippen molar-refractivity contribution in [1.29, 1.82) is 0 Å². The van der Waals surface area contributed by atoms with Gasteiger partial charge in [0.05, 0.1) is 39.2 Å². The number of carbonyl (C=O) groups is 5. The average Bonchev–Trinajstić information content (AvgIpc) is 4.04. The molecule has 0 spiro atoms. The number of hydrogen-bond donors (Lipinski definition) is 5. The topological polar surface area (TPSA) is 221 Å². The van der Waals surface area contributed by atoms with Crippen molar-refractivity contribution in [1.82, 2.24) is 25.2 Å². The number of aromatic nitrogens is 3. The van der Waals surface area contributed by atoms with E-state index >= 15 is 4.39 Å². The number of ketones is 2. The van der Waals surface area contributed by atoms with E-state index in [1.165, 1.54) is 17.3 Å². The molecular formula is C50H53F2N7O8S2. The fraction of sp³-hybridized carbons (Fsp3) is 0.340. The van der Waals surface area contributed by atoms with E-state index in [9.17, 15) is 41.9 Å². The second kappa shape index (κ2) is 20.9. The summed E-state index contributed by atoms with van der Waals surface area (Å²) in [5.41, 5.74) is 4.07. The van der Waals surface area contributed by atoms with Gasteiger partial charge in [0.15, 0.2) is 5.82 Å². The first-order valence-electron chi connectivity index (χ1n) is 22.4. The summed E-state index contributed by atoms with van der Waals surface area (Å²) in [5, 5.41) is 16.6. The minimum atomic E-state index is -3.94. The van der Waals surface area contributed by atoms with E-state index in [0.717, 1.165) is 33.8 Å². The number of aryl methyl sites for hydroxylation is 1. The smallest absolute Gasteiger partial charge is 0.243 e. The van der Waals surface area contributed by atoms with Gasteiger partial charge in [0.2, 0.25) is 33.5 Å². The van der Waals surface area contributed by atoms with Crippen molar-refractivity contribution in [2.45, 2.75) is 85.4 Å². The van der Waals surface area contributed by atoms with E-state index in [0.29, 0.717) is 16.8 Å². The lowest BCUT2D eigenvalue weighted by Gasteiger charge is -2.34. The molecule has 15 nitrogen and oxygen atoms in total. The highest BCUT2D eigenvalue weighted by Gasteiger charge is 2.46. The zero-order chi connectivity index (χ0) is 49.8. The quantitative estimate of drug-likeness (QED) is 0.0413. The number of sulfonamides is 1. The maximum absolute atomic E-state index is 15.5. The third-order valence-electron chi connectivity index (χ3n) is 11.9. The number of β-amino-alcohol motifs (C(OH)–C–C–N with tert-alkyl or cyclic N) is 1. The number of amides is 3. The lowest BCUT2D eigenvalue weighted by atomic mass is 9.76. The number of carbonyl (C=O) groups excluding carboxylic acids is 5. The second-order valence-corrected chi connectivity index (χ2v) is 20.9. The molecule has 1 fully saturated rings. The number of H-pyrrole nitrogens is 1. The van der Waals surface area contributed by atoms with Crippen molar-refractivity contribution in [3.8, 4) is 21.6 Å². The summed E-state index contributed by atoms with van der Waals surface area (Å²) < 4.78 is 57.2. The Hall–Kier alpha value is -6.70. The van der Waals surface area contributed by atoms with Crippen molar-refractivity contribution < 1.29 is 46.3 Å². The van der Waals surface area contributed by atoms with E-state index < -0.39 is 74.0 Å². The van der Waals surface area contributed by atoms with Crippen LogP contribution in [0.4, 0.5) is 20.2 Å². The van der Waals surface area contributed by atoms with Crippen molar-refractivity contribution in [2.75, 3.05) is 22.3 Å². The molecule has 0 aliphatic carbocycles. The standard InChI is InChI=1S/C50H53F2N7O8S2/c1-6-20-69(66,67)58-38-19-18-37(51)42(44(38)52)45(63)36-25-54-47-35(36)21-32(24-53-47)30-14-16-33(17-15-30)57-41(62)9-7-8-40(61)43(50(3,4)5)49(65)59-26-34(60)22-39(59)48(64)55-23-29-10-12-31(13-11-29)46-28(2)56-27-68-46/h10-19,21,24-25,27,34,39,43,58,60H,6-9,20,22-23,26H2,1-5H3,(H,53,54)(H,55,64)(H,57,62)/t34-,39+,43-/m1/s1. The Balaban J connectivity index is 0.941. The fourth-order valence-corrected chi connectivity index (χ4v) is 10.4. The summed E-state index contributed by atoms with van der Waals surface area (Å²) in [7, 11) is -3.94. The number of anilines is 2. The first kappa shape index (κ1) is 50.2. The third-order valence-corrected chi connectivity index (χ3v) is 14.3. The van der Waals surface area contributed by atoms with Gasteiger partial charge in [-0.3, -0.25) is 28.7 Å². The molecule has 1 aliphatic heterocycles. The van der Waals surface area contributed by atoms with Crippen LogP contribution in [-0.4, -0.2) is 87.1 Å². The Kier molecular flexibility index (Phi) is 15.2. The summed E-state index contributed by atoms with van der Waals surface area (Å²) in [6, 6.07) is 16.8. The van der Waals surface area contributed by atoms with Crippen LogP contribution in [0, 0.1) is 29.9 Å². The van der Waals surface area contributed by atoms with Gasteiger partial charge in [-0.15, -0.1) is 11.3 Å². The largest absolute Gasteiger partial charge is 0.391 e. The van der Waals surface area contributed by atoms with Gasteiger partial charge in [0.1, 0.15) is 29.2 Å². The zero-order valence-corrected chi connectivity index (χ0v) is 40.3. The monoisotopic (exact) mass is 981 g/mol. The maximum atomic E-state index is 15.5. The van der Waals surface area contributed by atoms with Crippen LogP contribution >= 0.6 is 11.3 Å². The van der Waals surface area contributed by atoms with Crippen LogP contribution in [0.1, 0.15) is 87.0 Å². The molecule has 7 rings (SSSR count). The first-order chi connectivity index (χ1) is 32.7. The van der Waals surface area contributed by atoms with Crippen LogP contribution in [-0.2, 0) is 35.7 Å². The molecule has 6 aromatic rings. The molecule has 1 saturated heterocycles. The number of nitrogens with one attached hydrogen (secondary N) is 4. The predicted molar refractivity (Wildman–Crippen MR) is 260 cm³/mol. The summed E-state index contributed by atoms with van der Waals surface area (Å²) in [6.07, 6.45) is 2.19. The Bertz CT molecular complexity index is 3020. The normalized spacial score (nSPS) is 15.5. The van der Waals surface area contributed by atoms with Crippen molar-refractivity contribution in [3.63, 3.8) is 0 Å². The molecule has 19 heteroatoms. The number of nitrogens with zero attached hydrogens (tertiary/aromatic N) is 3. The number of halogens is 2. The number of aliphatic hydroxyl groups is 1. The molecule has 3 atom stereocenters. The van der Waals surface area contributed by atoms with Crippen molar-refractivity contribution in [3.05, 3.63) is 119 Å². The summed E-state index contributed by atoms with van der Waals surface area (Å²) in [5.74, 6) is -6.69. The molecule has 0 unspecified atom stereocenters. The van der Waals surface area contributed by atoms with Gasteiger partial charge in [-0.2, -0.15) is 0 Å². The number of fused-ring (bicyclic) bond motifs is 1. The third kappa shape index (κ3) is 11.6. The Labute approximate surface area is 402 Å². The molecule has 0 radical (unpaired) electrons. The second-order valence-electron chi connectivity index (χ2n) is 18.2. The number of thiazole rings is 1. The lowest BCUT2D eigenvalue weighted by molar-refractivity contribution is -0.149. The molecule has 3 aromatic heterocycles. The van der Waals surface area contributed by atoms with E-state index in [-0.39, 0.29) is 79.2 Å². The van der Waals surface area contributed by atoms with Crippen LogP contribution in [0.5, 0.6) is 0 Å². The van der Waals surface area contributed by atoms with Crippen LogP contribution in [0.2, 0.25) is 0 Å². The highest BCUT2D eigenvalue weighted by Crippen LogP contribution is 2.34. The fourth-order valence-electron chi connectivity index (χ4n) is 8.47. The molecule has 5 N–H and O–H groups in total. The van der Waals surface area contributed by atoms with Crippen molar-refractivity contribution >= 4 is 73.1 Å². The number of rotatable bonds is 18. The number of likely N-dealkylation sites (tertiary alicyclic amines) is 1. The van der Waals surface area contributed by atoms with Gasteiger partial charge in [-0.25, -0.2) is 27.2 Å². The number of aromatic amines is 1. The molecule has 69 heavy (non-hydrogen) atoms. The van der Waals surface area contributed by atoms with Gasteiger partial charge in [-0.1, -0.05) is 64.1 Å². The number of pyridine rings is 1. The van der Waals surface area contributed by atoms with Crippen LogP contribution in [0.15, 0.2) is 84.6 Å². The number of hydrogen-bond acceptors (Lipinski definition) is 11. The van der Waals surface area contributed by atoms with Gasteiger partial charge < -0.3 is 25.6 Å². The average molecular weight is 982 g/mol. The van der Waals surface area contributed by atoms with Crippen LogP contribution < -0.4 is 15.4 Å². The summed E-state index contributed by atoms with van der Waals surface area (Å²) >= 11 is 1.55. The molecule has 4 heterocycles. The molecule has 0 saturated carbocycles. The molecule has 3 amide bonds. The van der Waals surface area contributed by atoms with Gasteiger partial charge in [0, 0.05) is 66.9 Å². The molecular weight excluding hydrogens is 929 g/mol. The number of aliphatic hydroxyl groups excluding tert-OH is 1. The van der Waals surface area contributed by atoms with Crippen LogP contribution in [0.3, 0.4) is 0 Å². The summed E-state index contributed by atoms with van der Waals surface area (Å²) in [4.78, 5) is 81.9. The predicted octanol–water partition coefficient (Wildman–Crippen LogP) is 7.94. The molecule has 3 aromatic carbocycles. The van der Waals surface area contributed by atoms with E-state index in [4.69, 9.17) is 0 Å². The minimum Gasteiger partial charge on any atom is -0.391 e. The van der Waals surface area contributed by atoms with E-state index in [1.807, 2.05) is 31.2 Å². The Morgan fingerprint density at radius 1 is 0.957 bits per heavy atom. The SMILES string of the molecule is CCCS(=O)(=O)Nc1ccc(F)c(C(=O)c2c[nH]c3ncc(-c4ccc(NC(=O)CCCC(=O)[C@H](C(=O)N5C[C@H](O)C[C@H]5C(=O)NCc5ccc(-c6scnc6C)cc5)C(C)(C)C)cc4)cc23)c1F. The molecule has 0 bridgehead atoms. The lowest BCUT2D eigenvalue weighted by Crippen LogP contribution is -2.51. The maximum Gasteiger partial charge on any atom is 0.243 e. The first-order valence-corrected chi connectivity index (χ1v) is 25.0. The Morgan fingerprint density at radius 3 is 2.33 bits per heavy atom. The Morgan fingerprint density at radius 2 is 1.67 bits per heavy atom. The summed E-state index contributed by atoms with van der Waals surface area (Å²) in [6.45, 7) is 8.98. The molecule has 1 aliphatic rings. The number of Topliss-reactive ketones (excluding diaryl/α,β-unsaturated/α-hetero) is 1. The highest BCUT2D eigenvalue weighted by molar-refractivity contribution is 7.92. The molecule has 362 valence electrons. The highest BCUT2D eigenvalue weighted by atomic mass is 32.2. The van der Waals surface area contributed by atoms with Crippen LogP contribution in [0.25, 0.3) is 32.6 Å². The number of benzene rings is 3. The van der Waals surface area contributed by atoms with E-state index in [1.54, 1.807) is 74.9 Å². The minimum absolute atomic E-state index is 0.0314. The van der Waals surface area contributed by atoms with Gasteiger partial charge >= 0.3 is 0 Å². The van der Waals surface area contributed by atoms with Gasteiger partial charge in [0.25, 0.3) is 0 Å². The van der Waals surface area contributed by atoms with Crippen molar-refractivity contribution in [2.24, 2.45) is 11.3 Å².